The highest BCUT2D eigenvalue weighted by atomic mass is 15.3. The van der Waals surface area contributed by atoms with Gasteiger partial charge in [0.05, 0.1) is 5.69 Å². The van der Waals surface area contributed by atoms with Crippen LogP contribution in [0.3, 0.4) is 0 Å². The fourth-order valence-electron chi connectivity index (χ4n) is 3.01. The van der Waals surface area contributed by atoms with E-state index in [0.29, 0.717) is 5.95 Å². The lowest BCUT2D eigenvalue weighted by Crippen LogP contribution is -2.45. The summed E-state index contributed by atoms with van der Waals surface area (Å²) >= 11 is 0. The molecule has 1 aliphatic rings. The van der Waals surface area contributed by atoms with Crippen molar-refractivity contribution < 1.29 is 0 Å². The molecule has 0 amide bonds. The summed E-state index contributed by atoms with van der Waals surface area (Å²) in [6.07, 6.45) is 3.57. The second kappa shape index (κ2) is 8.63. The Morgan fingerprint density at radius 1 is 1.04 bits per heavy atom. The highest BCUT2D eigenvalue weighted by molar-refractivity contribution is 5.64. The Balaban J connectivity index is 1.70. The third-order valence-electron chi connectivity index (χ3n) is 4.52. The topological polar surface area (TPSA) is 69.2 Å². The Kier molecular flexibility index (Phi) is 6.23. The smallest absolute Gasteiger partial charge is 0.225 e. The number of anilines is 2. The minimum Gasteiger partial charge on any atom is -0.369 e. The number of likely N-dealkylation sites (N-methyl/N-ethyl adjacent to an activating group) is 1. The van der Waals surface area contributed by atoms with Gasteiger partial charge in [-0.15, -0.1) is 0 Å². The van der Waals surface area contributed by atoms with Gasteiger partial charge < -0.3 is 15.5 Å². The van der Waals surface area contributed by atoms with Crippen molar-refractivity contribution in [2.24, 2.45) is 0 Å². The van der Waals surface area contributed by atoms with E-state index in [2.05, 4.69) is 63.2 Å². The zero-order valence-electron chi connectivity index (χ0n) is 16.9. The molecular formula is C20H31N7. The van der Waals surface area contributed by atoms with Crippen molar-refractivity contribution in [2.75, 3.05) is 56.9 Å². The van der Waals surface area contributed by atoms with Gasteiger partial charge in [0.25, 0.3) is 0 Å². The second-order valence-electron chi connectivity index (χ2n) is 8.14. The summed E-state index contributed by atoms with van der Waals surface area (Å²) in [6.45, 7) is 12.7. The summed E-state index contributed by atoms with van der Waals surface area (Å²) in [5.74, 6) is 1.48. The lowest BCUT2D eigenvalue weighted by molar-refractivity contribution is 0.158. The molecule has 2 aromatic rings. The molecule has 2 N–H and O–H groups in total. The third-order valence-corrected chi connectivity index (χ3v) is 4.52. The maximum atomic E-state index is 4.69. The first-order valence-electron chi connectivity index (χ1n) is 9.61. The predicted octanol–water partition coefficient (Wildman–Crippen LogP) is 2.41. The number of nitrogens with zero attached hydrogens (tertiary/aromatic N) is 5. The minimum absolute atomic E-state index is 0.103. The molecule has 2 aromatic heterocycles. The Morgan fingerprint density at radius 2 is 1.74 bits per heavy atom. The van der Waals surface area contributed by atoms with Crippen molar-refractivity contribution in [2.45, 2.75) is 26.3 Å². The average Bonchev–Trinajstić information content (AvgIpc) is 2.62. The first-order chi connectivity index (χ1) is 12.9. The van der Waals surface area contributed by atoms with E-state index < -0.39 is 0 Å². The van der Waals surface area contributed by atoms with Crippen molar-refractivity contribution in [3.05, 3.63) is 30.6 Å². The van der Waals surface area contributed by atoms with Crippen LogP contribution < -0.4 is 10.6 Å². The number of hydrogen-bond acceptors (Lipinski definition) is 7. The van der Waals surface area contributed by atoms with Crippen LogP contribution in [0.4, 0.5) is 11.8 Å². The van der Waals surface area contributed by atoms with E-state index >= 15 is 0 Å². The molecule has 0 saturated carbocycles. The van der Waals surface area contributed by atoms with E-state index in [-0.39, 0.29) is 5.54 Å². The molecule has 7 nitrogen and oxygen atoms in total. The molecular weight excluding hydrogens is 338 g/mol. The number of pyridine rings is 1. The zero-order chi connectivity index (χ0) is 19.3. The number of piperazine rings is 1. The van der Waals surface area contributed by atoms with Gasteiger partial charge in [-0.1, -0.05) is 0 Å². The van der Waals surface area contributed by atoms with E-state index in [1.54, 1.807) is 12.4 Å². The first kappa shape index (κ1) is 19.5. The van der Waals surface area contributed by atoms with Crippen LogP contribution in [0.15, 0.2) is 30.6 Å². The summed E-state index contributed by atoms with van der Waals surface area (Å²) in [5, 5.41) is 6.86. The van der Waals surface area contributed by atoms with Crippen LogP contribution in [-0.4, -0.2) is 76.6 Å². The van der Waals surface area contributed by atoms with Gasteiger partial charge in [-0.25, -0.2) is 4.98 Å². The number of aromatic nitrogens is 3. The summed E-state index contributed by atoms with van der Waals surface area (Å²) in [4.78, 5) is 18.3. The average molecular weight is 370 g/mol. The number of rotatable bonds is 6. The van der Waals surface area contributed by atoms with Gasteiger partial charge in [-0.2, -0.15) is 4.98 Å². The normalized spacial score (nSPS) is 16.3. The molecule has 27 heavy (non-hydrogen) atoms. The SMILES string of the molecule is CN1CCN(CCNc2cc(-c3ccncc3)nc(NC(C)(C)C)n2)CC1. The van der Waals surface area contributed by atoms with Crippen molar-refractivity contribution in [3.63, 3.8) is 0 Å². The maximum absolute atomic E-state index is 4.69. The molecule has 1 aliphatic heterocycles. The lowest BCUT2D eigenvalue weighted by Gasteiger charge is -2.32. The van der Waals surface area contributed by atoms with Crippen molar-refractivity contribution >= 4 is 11.8 Å². The molecule has 0 bridgehead atoms. The summed E-state index contributed by atoms with van der Waals surface area (Å²) in [7, 11) is 2.18. The summed E-state index contributed by atoms with van der Waals surface area (Å²) in [6, 6.07) is 5.95. The summed E-state index contributed by atoms with van der Waals surface area (Å²) in [5.41, 5.74) is 1.82. The van der Waals surface area contributed by atoms with Gasteiger partial charge in [0.1, 0.15) is 5.82 Å². The Morgan fingerprint density at radius 3 is 2.41 bits per heavy atom. The highest BCUT2D eigenvalue weighted by Gasteiger charge is 2.15. The molecule has 0 spiro atoms. The fourth-order valence-corrected chi connectivity index (χ4v) is 3.01. The third kappa shape index (κ3) is 6.15. The quantitative estimate of drug-likeness (QED) is 0.810. The van der Waals surface area contributed by atoms with Gasteiger partial charge in [0.15, 0.2) is 0 Å². The van der Waals surface area contributed by atoms with E-state index in [1.165, 1.54) is 0 Å². The van der Waals surface area contributed by atoms with Crippen LogP contribution in [0.2, 0.25) is 0 Å². The second-order valence-corrected chi connectivity index (χ2v) is 8.14. The lowest BCUT2D eigenvalue weighted by atomic mass is 10.1. The number of nitrogens with one attached hydrogen (secondary N) is 2. The molecule has 0 unspecified atom stereocenters. The molecule has 7 heteroatoms. The molecule has 146 valence electrons. The number of hydrogen-bond donors (Lipinski definition) is 2. The molecule has 0 aliphatic carbocycles. The van der Waals surface area contributed by atoms with Crippen LogP contribution >= 0.6 is 0 Å². The van der Waals surface area contributed by atoms with Crippen LogP contribution in [0.1, 0.15) is 20.8 Å². The van der Waals surface area contributed by atoms with Crippen LogP contribution in [0.25, 0.3) is 11.3 Å². The van der Waals surface area contributed by atoms with Crippen molar-refractivity contribution in [3.8, 4) is 11.3 Å². The molecule has 0 radical (unpaired) electrons. The van der Waals surface area contributed by atoms with Crippen molar-refractivity contribution in [1.82, 2.24) is 24.8 Å². The van der Waals surface area contributed by atoms with Crippen LogP contribution in [-0.2, 0) is 0 Å². The minimum atomic E-state index is -0.103. The standard InChI is InChI=1S/C20H31N7/c1-20(2,3)25-19-23-17(16-5-7-21-8-6-16)15-18(24-19)22-9-10-27-13-11-26(4)12-14-27/h5-8,15H,9-14H2,1-4H3,(H2,22,23,24,25). The fraction of sp³-hybridized carbons (Fsp3) is 0.550. The van der Waals surface area contributed by atoms with E-state index in [9.17, 15) is 0 Å². The first-order valence-corrected chi connectivity index (χ1v) is 9.61. The molecule has 1 fully saturated rings. The monoisotopic (exact) mass is 369 g/mol. The van der Waals surface area contributed by atoms with E-state index in [1.807, 2.05) is 18.2 Å². The molecule has 3 heterocycles. The van der Waals surface area contributed by atoms with E-state index in [4.69, 9.17) is 0 Å². The maximum Gasteiger partial charge on any atom is 0.225 e. The Hall–Kier alpha value is -2.25. The van der Waals surface area contributed by atoms with Gasteiger partial charge in [0.2, 0.25) is 5.95 Å². The van der Waals surface area contributed by atoms with E-state index in [0.717, 1.165) is 56.3 Å². The molecule has 1 saturated heterocycles. The van der Waals surface area contributed by atoms with Crippen LogP contribution in [0.5, 0.6) is 0 Å². The van der Waals surface area contributed by atoms with Crippen molar-refractivity contribution in [1.29, 1.82) is 0 Å². The summed E-state index contributed by atoms with van der Waals surface area (Å²) < 4.78 is 0. The molecule has 3 rings (SSSR count). The van der Waals surface area contributed by atoms with Gasteiger partial charge in [0, 0.05) is 68.8 Å². The van der Waals surface area contributed by atoms with Crippen LogP contribution in [0, 0.1) is 0 Å². The van der Waals surface area contributed by atoms with Gasteiger partial charge in [-0.3, -0.25) is 9.88 Å². The Bertz CT molecular complexity index is 719. The Labute approximate surface area is 162 Å². The largest absolute Gasteiger partial charge is 0.369 e. The zero-order valence-corrected chi connectivity index (χ0v) is 16.9. The van der Waals surface area contributed by atoms with Gasteiger partial charge >= 0.3 is 0 Å². The predicted molar refractivity (Wildman–Crippen MR) is 111 cm³/mol. The highest BCUT2D eigenvalue weighted by Crippen LogP contribution is 2.22. The molecule has 0 atom stereocenters. The molecule has 0 aromatic carbocycles. The van der Waals surface area contributed by atoms with Gasteiger partial charge in [-0.05, 0) is 40.0 Å².